The van der Waals surface area contributed by atoms with Crippen LogP contribution in [0.2, 0.25) is 0 Å². The van der Waals surface area contributed by atoms with Gasteiger partial charge in [0.05, 0.1) is 18.5 Å². The van der Waals surface area contributed by atoms with Crippen LogP contribution in [0.25, 0.3) is 39.3 Å². The number of amides is 1. The normalized spacial score (nSPS) is 15.7. The van der Waals surface area contributed by atoms with Gasteiger partial charge in [0.2, 0.25) is 5.91 Å². The second-order valence-electron chi connectivity index (χ2n) is 15.4. The summed E-state index contributed by atoms with van der Waals surface area (Å²) >= 11 is 0. The Morgan fingerprint density at radius 1 is 0.860 bits per heavy atom. The van der Waals surface area contributed by atoms with Crippen LogP contribution in [0.1, 0.15) is 141 Å². The van der Waals surface area contributed by atoms with Crippen molar-refractivity contribution in [2.75, 3.05) is 13.7 Å². The van der Waals surface area contributed by atoms with Crippen LogP contribution in [-0.2, 0) is 25.5 Å². The minimum atomic E-state index is -1.02. The predicted molar refractivity (Wildman–Crippen MR) is 230 cm³/mol. The molecule has 2 aliphatic heterocycles. The largest absolute Gasteiger partial charge is 0.480 e. The zero-order valence-corrected chi connectivity index (χ0v) is 34.4. The number of carboxylic acid groups (broad SMARTS) is 1. The zero-order chi connectivity index (χ0) is 41.2. The highest BCUT2D eigenvalue weighted by molar-refractivity contribution is 5.97. The van der Waals surface area contributed by atoms with Crippen molar-refractivity contribution in [3.63, 3.8) is 0 Å². The number of rotatable bonds is 19. The van der Waals surface area contributed by atoms with Gasteiger partial charge >= 0.3 is 11.9 Å². The molecule has 3 atom stereocenters. The van der Waals surface area contributed by atoms with Gasteiger partial charge in [-0.15, -0.1) is 0 Å². The Hall–Kier alpha value is -5.29. The van der Waals surface area contributed by atoms with Gasteiger partial charge in [-0.25, -0.2) is 4.98 Å². The highest BCUT2D eigenvalue weighted by Crippen LogP contribution is 2.44. The monoisotopic (exact) mass is 776 g/mol. The highest BCUT2D eigenvalue weighted by atomic mass is 16.5. The number of unbranched alkanes of at least 4 members (excludes halogenated alkanes) is 4. The summed E-state index contributed by atoms with van der Waals surface area (Å²) in [4.78, 5) is 54.6. The fourth-order valence-electron chi connectivity index (χ4n) is 8.16. The molecular weight excluding hydrogens is 717 g/mol. The molecule has 0 aromatic carbocycles. The number of allylic oxidation sites excluding steroid dienone is 3. The number of esters is 1. The number of aromatic amines is 2. The van der Waals surface area contributed by atoms with Crippen LogP contribution in [0.5, 0.6) is 0 Å². The van der Waals surface area contributed by atoms with Gasteiger partial charge in [0.25, 0.3) is 0 Å². The number of ether oxygens (including phenoxy) is 1. The van der Waals surface area contributed by atoms with Crippen molar-refractivity contribution in [3.8, 4) is 0 Å². The van der Waals surface area contributed by atoms with E-state index in [-0.39, 0.29) is 36.6 Å². The van der Waals surface area contributed by atoms with E-state index in [4.69, 9.17) is 25.5 Å². The first kappa shape index (κ1) is 42.8. The molecule has 8 bridgehead atoms. The van der Waals surface area contributed by atoms with Crippen LogP contribution in [-0.4, -0.2) is 62.6 Å². The maximum absolute atomic E-state index is 13.1. The van der Waals surface area contributed by atoms with Gasteiger partial charge in [-0.3, -0.25) is 19.4 Å². The molecule has 0 radical (unpaired) electrons. The number of carbonyl (C=O) groups excluding carboxylic acids is 2. The molecule has 0 spiro atoms. The van der Waals surface area contributed by atoms with Gasteiger partial charge in [0.1, 0.15) is 6.04 Å². The van der Waals surface area contributed by atoms with E-state index in [0.717, 1.165) is 110 Å². The molecule has 3 aromatic heterocycles. The number of nitrogens with one attached hydrogen (secondary N) is 3. The van der Waals surface area contributed by atoms with E-state index < -0.39 is 12.0 Å². The number of aromatic nitrogens is 4. The molecule has 3 aromatic rings. The Kier molecular flexibility index (Phi) is 14.8. The minimum Gasteiger partial charge on any atom is -0.480 e. The summed E-state index contributed by atoms with van der Waals surface area (Å²) in [6.45, 7) is 17.2. The van der Waals surface area contributed by atoms with Crippen LogP contribution in [0.15, 0.2) is 43.5 Å². The molecule has 2 unspecified atom stereocenters. The first-order chi connectivity index (χ1) is 27.4. The third kappa shape index (κ3) is 10.2. The summed E-state index contributed by atoms with van der Waals surface area (Å²) in [5, 5.41) is 12.0. The fourth-order valence-corrected chi connectivity index (χ4v) is 8.16. The van der Waals surface area contributed by atoms with E-state index in [2.05, 4.69) is 80.4 Å². The van der Waals surface area contributed by atoms with Crippen molar-refractivity contribution in [3.05, 3.63) is 88.5 Å². The number of aryl methyl sites for hydroxylation is 3. The molecule has 57 heavy (non-hydrogen) atoms. The second kappa shape index (κ2) is 19.7. The van der Waals surface area contributed by atoms with Gasteiger partial charge in [-0.2, -0.15) is 0 Å². The molecule has 0 saturated carbocycles. The van der Waals surface area contributed by atoms with E-state index >= 15 is 0 Å². The standard InChI is InChI=1S/C46H60N6O5/c1-8-11-12-13-16-33-34(19-21-45(54)57-7)43-26-41-32(18-20-44(53)48-22-15-14-17-35(47)46(55)56)29(6)38(51-41)24-40-30(9-2)27(4)36(49-40)23-39-31(10-3)28(5)37(50-39)25-42(33)52-43/h9-10,23-26,33-35,50-51H,2-3,8,11-22,47H2,1,4-7H3,(H,48,53)(H,55,56)/t33?,34?,35-/m0/s1. The molecule has 11 heteroatoms. The molecule has 5 heterocycles. The van der Waals surface area contributed by atoms with Gasteiger partial charge in [0.15, 0.2) is 0 Å². The van der Waals surface area contributed by atoms with Crippen LogP contribution >= 0.6 is 0 Å². The molecular formula is C46H60N6O5. The Labute approximate surface area is 336 Å². The summed E-state index contributed by atoms with van der Waals surface area (Å²) in [7, 11) is 1.43. The van der Waals surface area contributed by atoms with Crippen LogP contribution in [0.4, 0.5) is 0 Å². The van der Waals surface area contributed by atoms with Crippen molar-refractivity contribution < 1.29 is 24.2 Å². The van der Waals surface area contributed by atoms with Gasteiger partial charge in [0, 0.05) is 75.8 Å². The minimum absolute atomic E-state index is 0.0249. The summed E-state index contributed by atoms with van der Waals surface area (Å²) in [5.74, 6) is -1.28. The van der Waals surface area contributed by atoms with E-state index in [9.17, 15) is 14.4 Å². The van der Waals surface area contributed by atoms with Gasteiger partial charge in [-0.05, 0) is 106 Å². The molecule has 304 valence electrons. The van der Waals surface area contributed by atoms with Crippen molar-refractivity contribution in [2.45, 2.75) is 123 Å². The average molecular weight is 777 g/mol. The Morgan fingerprint density at radius 2 is 1.54 bits per heavy atom. The molecule has 0 aliphatic carbocycles. The third-order valence-corrected chi connectivity index (χ3v) is 11.6. The van der Waals surface area contributed by atoms with Crippen molar-refractivity contribution in [2.24, 2.45) is 5.73 Å². The fraction of sp³-hybridized carbons (Fsp3) is 0.457. The van der Waals surface area contributed by atoms with E-state index in [1.807, 2.05) is 12.2 Å². The number of fused-ring (bicyclic) bond motifs is 8. The second-order valence-corrected chi connectivity index (χ2v) is 15.4. The van der Waals surface area contributed by atoms with Crippen molar-refractivity contribution in [1.82, 2.24) is 25.3 Å². The molecule has 0 fully saturated rings. The maximum atomic E-state index is 13.1. The first-order valence-corrected chi connectivity index (χ1v) is 20.4. The number of carbonyl (C=O) groups is 3. The molecule has 1 amide bonds. The number of nitrogens with zero attached hydrogens (tertiary/aromatic N) is 2. The summed E-state index contributed by atoms with van der Waals surface area (Å²) in [6, 6.07) is 7.53. The van der Waals surface area contributed by atoms with Gasteiger partial charge in [-0.1, -0.05) is 57.9 Å². The van der Waals surface area contributed by atoms with Crippen LogP contribution in [0, 0.1) is 13.8 Å². The molecule has 11 nitrogen and oxygen atoms in total. The number of nitrogens with two attached hydrogens (primary N) is 1. The quantitative estimate of drug-likeness (QED) is 0.0592. The lowest BCUT2D eigenvalue weighted by molar-refractivity contribution is -0.141. The van der Waals surface area contributed by atoms with Crippen LogP contribution in [0.3, 0.4) is 0 Å². The van der Waals surface area contributed by atoms with E-state index in [1.165, 1.54) is 7.11 Å². The SMILES string of the molecule is C=CC1=C(C)c2cc3[nH]c(cc4nc(cc5[nH]c(cc1n2)c(C)c5CCC(=O)NCCCC[C@H](N)C(=O)O)C(CCC(=O)OC)C4CCCCCC)c(C)c3C=C. The predicted octanol–water partition coefficient (Wildman–Crippen LogP) is 9.11. The Bertz CT molecular complexity index is 2190. The summed E-state index contributed by atoms with van der Waals surface area (Å²) in [5.41, 5.74) is 18.8. The lowest BCUT2D eigenvalue weighted by Crippen LogP contribution is -2.30. The van der Waals surface area contributed by atoms with Gasteiger partial charge < -0.3 is 30.9 Å². The Balaban J connectivity index is 1.67. The average Bonchev–Trinajstić information content (AvgIpc) is 3.86. The molecule has 0 saturated heterocycles. The molecule has 5 rings (SSSR count). The number of methoxy groups -OCH3 is 1. The lowest BCUT2D eigenvalue weighted by atomic mass is 9.82. The summed E-state index contributed by atoms with van der Waals surface area (Å²) in [6.07, 6.45) is 12.4. The highest BCUT2D eigenvalue weighted by Gasteiger charge is 2.33. The summed E-state index contributed by atoms with van der Waals surface area (Å²) < 4.78 is 5.10. The topological polar surface area (TPSA) is 176 Å². The molecule has 6 N–H and O–H groups in total. The number of carboxylic acids is 1. The van der Waals surface area contributed by atoms with E-state index in [1.54, 1.807) is 0 Å². The Morgan fingerprint density at radius 3 is 2.23 bits per heavy atom. The molecule has 2 aliphatic rings. The number of hydrogen-bond donors (Lipinski definition) is 5. The number of hydrogen-bond acceptors (Lipinski definition) is 7. The first-order valence-electron chi connectivity index (χ1n) is 20.4. The smallest absolute Gasteiger partial charge is 0.320 e. The van der Waals surface area contributed by atoms with E-state index in [0.29, 0.717) is 38.6 Å². The third-order valence-electron chi connectivity index (χ3n) is 11.6. The lowest BCUT2D eigenvalue weighted by Gasteiger charge is -2.20. The van der Waals surface area contributed by atoms with Crippen molar-refractivity contribution >= 4 is 57.1 Å². The van der Waals surface area contributed by atoms with Crippen LogP contribution < -0.4 is 11.1 Å². The number of H-pyrrole nitrogens is 2. The maximum Gasteiger partial charge on any atom is 0.320 e. The van der Waals surface area contributed by atoms with Crippen molar-refractivity contribution in [1.29, 1.82) is 0 Å². The zero-order valence-electron chi connectivity index (χ0n) is 34.4. The number of aliphatic carboxylic acids is 1.